The summed E-state index contributed by atoms with van der Waals surface area (Å²) in [6, 6.07) is 5.58. The molecule has 0 fully saturated rings. The minimum absolute atomic E-state index is 0.141. The van der Waals surface area contributed by atoms with Gasteiger partial charge in [0.25, 0.3) is 0 Å². The minimum atomic E-state index is -0.141. The van der Waals surface area contributed by atoms with Crippen LogP contribution in [0.2, 0.25) is 0 Å². The third-order valence-corrected chi connectivity index (χ3v) is 3.83. The van der Waals surface area contributed by atoms with Crippen LogP contribution in [0.25, 0.3) is 0 Å². The fourth-order valence-electron chi connectivity index (χ4n) is 2.52. The van der Waals surface area contributed by atoms with Crippen molar-refractivity contribution in [1.82, 2.24) is 4.90 Å². The number of halogens is 1. The Morgan fingerprint density at radius 1 is 1.15 bits per heavy atom. The van der Waals surface area contributed by atoms with Gasteiger partial charge in [-0.15, -0.1) is 0 Å². The largest absolute Gasteiger partial charge is 0.329 e. The van der Waals surface area contributed by atoms with E-state index in [1.165, 1.54) is 25.7 Å². The molecule has 0 amide bonds. The van der Waals surface area contributed by atoms with Crippen LogP contribution in [-0.2, 0) is 0 Å². The molecule has 1 atom stereocenters. The number of nitrogens with two attached hydrogens (primary N) is 1. The Labute approximate surface area is 123 Å². The molecule has 0 aliphatic carbocycles. The normalized spacial score (nSPS) is 12.9. The molecule has 2 nitrogen and oxygen atoms in total. The number of benzene rings is 1. The molecule has 0 aliphatic rings. The molecule has 1 rings (SSSR count). The summed E-state index contributed by atoms with van der Waals surface area (Å²) in [5.74, 6) is -0.141. The second kappa shape index (κ2) is 9.09. The van der Waals surface area contributed by atoms with Gasteiger partial charge in [0.15, 0.2) is 0 Å². The van der Waals surface area contributed by atoms with Crippen molar-refractivity contribution in [3.8, 4) is 0 Å². The van der Waals surface area contributed by atoms with E-state index in [1.807, 2.05) is 19.1 Å². The Balaban J connectivity index is 2.88. The standard InChI is InChI=1S/C17H29FN2/c1-4-6-10-20(11-7-5-2)17(13-19)15-8-9-16(18)14(3)12-15/h8-9,12,17H,4-7,10-11,13,19H2,1-3H3. The van der Waals surface area contributed by atoms with Gasteiger partial charge in [0.1, 0.15) is 5.82 Å². The molecule has 0 spiro atoms. The van der Waals surface area contributed by atoms with E-state index in [-0.39, 0.29) is 11.9 Å². The maximum absolute atomic E-state index is 13.4. The highest BCUT2D eigenvalue weighted by atomic mass is 19.1. The predicted octanol–water partition coefficient (Wildman–Crippen LogP) is 4.04. The first-order chi connectivity index (χ1) is 9.63. The Hall–Kier alpha value is -0.930. The van der Waals surface area contributed by atoms with Crippen LogP contribution >= 0.6 is 0 Å². The predicted molar refractivity (Wildman–Crippen MR) is 84.3 cm³/mol. The zero-order valence-electron chi connectivity index (χ0n) is 13.2. The first-order valence-electron chi connectivity index (χ1n) is 7.84. The molecule has 2 N–H and O–H groups in total. The van der Waals surface area contributed by atoms with E-state index in [2.05, 4.69) is 18.7 Å². The van der Waals surface area contributed by atoms with Gasteiger partial charge in [-0.3, -0.25) is 4.90 Å². The van der Waals surface area contributed by atoms with Crippen LogP contribution < -0.4 is 5.73 Å². The van der Waals surface area contributed by atoms with Gasteiger partial charge in [-0.05, 0) is 50.0 Å². The number of hydrogen-bond acceptors (Lipinski definition) is 2. The van der Waals surface area contributed by atoms with Crippen molar-refractivity contribution in [2.75, 3.05) is 19.6 Å². The van der Waals surface area contributed by atoms with E-state index in [0.29, 0.717) is 12.1 Å². The topological polar surface area (TPSA) is 29.3 Å². The summed E-state index contributed by atoms with van der Waals surface area (Å²) in [7, 11) is 0. The first kappa shape index (κ1) is 17.1. The Kier molecular flexibility index (Phi) is 7.78. The van der Waals surface area contributed by atoms with E-state index in [0.717, 1.165) is 18.7 Å². The molecule has 114 valence electrons. The maximum Gasteiger partial charge on any atom is 0.126 e. The number of rotatable bonds is 9. The quantitative estimate of drug-likeness (QED) is 0.740. The van der Waals surface area contributed by atoms with Crippen molar-refractivity contribution in [3.63, 3.8) is 0 Å². The molecular weight excluding hydrogens is 251 g/mol. The number of aryl methyl sites for hydroxylation is 1. The lowest BCUT2D eigenvalue weighted by Gasteiger charge is -2.31. The van der Waals surface area contributed by atoms with E-state index in [9.17, 15) is 4.39 Å². The summed E-state index contributed by atoms with van der Waals surface area (Å²) in [4.78, 5) is 2.46. The third kappa shape index (κ3) is 4.88. The summed E-state index contributed by atoms with van der Waals surface area (Å²) >= 11 is 0. The third-order valence-electron chi connectivity index (χ3n) is 3.83. The van der Waals surface area contributed by atoms with Crippen LogP contribution in [0.5, 0.6) is 0 Å². The van der Waals surface area contributed by atoms with Crippen molar-refractivity contribution in [3.05, 3.63) is 35.1 Å². The lowest BCUT2D eigenvalue weighted by Crippen LogP contribution is -2.35. The summed E-state index contributed by atoms with van der Waals surface area (Å²) in [6.07, 6.45) is 4.73. The van der Waals surface area contributed by atoms with Crippen molar-refractivity contribution in [2.24, 2.45) is 5.73 Å². The molecule has 1 aromatic carbocycles. The molecule has 20 heavy (non-hydrogen) atoms. The van der Waals surface area contributed by atoms with Gasteiger partial charge in [-0.25, -0.2) is 4.39 Å². The molecule has 0 saturated heterocycles. The van der Waals surface area contributed by atoms with Crippen LogP contribution in [0, 0.1) is 12.7 Å². The van der Waals surface area contributed by atoms with Gasteiger partial charge in [-0.2, -0.15) is 0 Å². The number of unbranched alkanes of at least 4 members (excludes halogenated alkanes) is 2. The SMILES string of the molecule is CCCCN(CCCC)C(CN)c1ccc(F)c(C)c1. The molecule has 0 heterocycles. The molecule has 1 aromatic rings. The molecule has 0 radical (unpaired) electrons. The average molecular weight is 280 g/mol. The van der Waals surface area contributed by atoms with Crippen molar-refractivity contribution in [1.29, 1.82) is 0 Å². The van der Waals surface area contributed by atoms with Gasteiger partial charge in [0.05, 0.1) is 0 Å². The summed E-state index contributed by atoms with van der Waals surface area (Å²) in [5, 5.41) is 0. The zero-order chi connectivity index (χ0) is 15.0. The fraction of sp³-hybridized carbons (Fsp3) is 0.647. The van der Waals surface area contributed by atoms with Crippen LogP contribution in [-0.4, -0.2) is 24.5 Å². The summed E-state index contributed by atoms with van der Waals surface area (Å²) in [5.41, 5.74) is 7.84. The van der Waals surface area contributed by atoms with E-state index >= 15 is 0 Å². The van der Waals surface area contributed by atoms with Crippen LogP contribution in [0.4, 0.5) is 4.39 Å². The van der Waals surface area contributed by atoms with Crippen molar-refractivity contribution < 1.29 is 4.39 Å². The van der Waals surface area contributed by atoms with Crippen LogP contribution in [0.1, 0.15) is 56.7 Å². The summed E-state index contributed by atoms with van der Waals surface area (Å²) < 4.78 is 13.4. The zero-order valence-corrected chi connectivity index (χ0v) is 13.2. The van der Waals surface area contributed by atoms with E-state index in [4.69, 9.17) is 5.73 Å². The minimum Gasteiger partial charge on any atom is -0.329 e. The Morgan fingerprint density at radius 3 is 2.20 bits per heavy atom. The number of hydrogen-bond donors (Lipinski definition) is 1. The number of nitrogens with zero attached hydrogens (tertiary/aromatic N) is 1. The maximum atomic E-state index is 13.4. The lowest BCUT2D eigenvalue weighted by atomic mass is 10.0. The monoisotopic (exact) mass is 280 g/mol. The van der Waals surface area contributed by atoms with E-state index in [1.54, 1.807) is 6.07 Å². The highest BCUT2D eigenvalue weighted by molar-refractivity contribution is 5.26. The molecule has 0 aliphatic heterocycles. The average Bonchev–Trinajstić information content (AvgIpc) is 2.45. The fourth-order valence-corrected chi connectivity index (χ4v) is 2.52. The molecule has 1 unspecified atom stereocenters. The molecule has 3 heteroatoms. The highest BCUT2D eigenvalue weighted by Crippen LogP contribution is 2.23. The molecule has 0 aromatic heterocycles. The molecule has 0 bridgehead atoms. The first-order valence-corrected chi connectivity index (χ1v) is 7.84. The lowest BCUT2D eigenvalue weighted by molar-refractivity contribution is 0.195. The van der Waals surface area contributed by atoms with Gasteiger partial charge in [0.2, 0.25) is 0 Å². The second-order valence-electron chi connectivity index (χ2n) is 5.50. The van der Waals surface area contributed by atoms with Gasteiger partial charge in [-0.1, -0.05) is 38.8 Å². The van der Waals surface area contributed by atoms with Crippen LogP contribution in [0.15, 0.2) is 18.2 Å². The van der Waals surface area contributed by atoms with Gasteiger partial charge in [0, 0.05) is 12.6 Å². The summed E-state index contributed by atoms with van der Waals surface area (Å²) in [6.45, 7) is 8.94. The van der Waals surface area contributed by atoms with Crippen molar-refractivity contribution >= 4 is 0 Å². The molecular formula is C17H29FN2. The van der Waals surface area contributed by atoms with E-state index < -0.39 is 0 Å². The smallest absolute Gasteiger partial charge is 0.126 e. The van der Waals surface area contributed by atoms with Crippen LogP contribution in [0.3, 0.4) is 0 Å². The molecule has 0 saturated carbocycles. The Morgan fingerprint density at radius 2 is 1.75 bits per heavy atom. The van der Waals surface area contributed by atoms with Crippen molar-refractivity contribution in [2.45, 2.75) is 52.5 Å². The van der Waals surface area contributed by atoms with Gasteiger partial charge < -0.3 is 5.73 Å². The second-order valence-corrected chi connectivity index (χ2v) is 5.50. The highest BCUT2D eigenvalue weighted by Gasteiger charge is 2.18. The van der Waals surface area contributed by atoms with Gasteiger partial charge >= 0.3 is 0 Å². The Bertz CT molecular complexity index is 385.